The van der Waals surface area contributed by atoms with Crippen LogP contribution in [0.3, 0.4) is 0 Å². The molecule has 0 aliphatic heterocycles. The lowest BCUT2D eigenvalue weighted by molar-refractivity contribution is -0.211. The maximum Gasteiger partial charge on any atom is 0.394 e. The van der Waals surface area contributed by atoms with E-state index in [-0.39, 0.29) is 28.3 Å². The number of ether oxygens (including phenoxy) is 1. The van der Waals surface area contributed by atoms with Gasteiger partial charge in [0, 0.05) is 18.5 Å². The summed E-state index contributed by atoms with van der Waals surface area (Å²) in [5, 5.41) is 13.4. The fraction of sp³-hybridized carbons (Fsp3) is 0.524. The fourth-order valence-corrected chi connectivity index (χ4v) is 3.49. The van der Waals surface area contributed by atoms with Gasteiger partial charge in [-0.15, -0.1) is 0 Å². The molecule has 0 aliphatic carbocycles. The first-order valence-electron chi connectivity index (χ1n) is 9.68. The third kappa shape index (κ3) is 5.88. The Kier molecular flexibility index (Phi) is 7.93. The summed E-state index contributed by atoms with van der Waals surface area (Å²) in [7, 11) is 0. The van der Waals surface area contributed by atoms with Gasteiger partial charge in [0.15, 0.2) is 0 Å². The quantitative estimate of drug-likeness (QED) is 0.303. The Balaban J connectivity index is 2.56. The number of rotatable bonds is 9. The van der Waals surface area contributed by atoms with E-state index in [2.05, 4.69) is 9.84 Å². The topological polar surface area (TPSA) is 50.8 Å². The molecule has 0 saturated carbocycles. The van der Waals surface area contributed by atoms with Crippen LogP contribution in [0.15, 0.2) is 18.2 Å². The van der Waals surface area contributed by atoms with Gasteiger partial charge in [-0.2, -0.15) is 32.3 Å². The lowest BCUT2D eigenvalue weighted by Crippen LogP contribution is -2.34. The number of nitrogens with zero attached hydrogens (tertiary/aromatic N) is 3. The van der Waals surface area contributed by atoms with Gasteiger partial charge in [-0.25, -0.2) is 0 Å². The van der Waals surface area contributed by atoms with E-state index in [1.54, 1.807) is 0 Å². The first-order valence-corrected chi connectivity index (χ1v) is 10.1. The zero-order chi connectivity index (χ0) is 23.4. The van der Waals surface area contributed by atoms with Crippen LogP contribution in [0.2, 0.25) is 5.02 Å². The molecule has 0 aliphatic rings. The Morgan fingerprint density at radius 1 is 1.26 bits per heavy atom. The second-order valence-electron chi connectivity index (χ2n) is 7.72. The van der Waals surface area contributed by atoms with Crippen LogP contribution in [0.25, 0.3) is 11.3 Å². The third-order valence-electron chi connectivity index (χ3n) is 4.88. The Morgan fingerprint density at radius 3 is 2.48 bits per heavy atom. The van der Waals surface area contributed by atoms with Crippen molar-refractivity contribution < 1.29 is 26.7 Å². The van der Waals surface area contributed by atoms with Crippen LogP contribution in [-0.2, 0) is 19.4 Å². The largest absolute Gasteiger partial charge is 0.434 e. The minimum atomic E-state index is -4.46. The monoisotopic (exact) mass is 463 g/mol. The smallest absolute Gasteiger partial charge is 0.394 e. The minimum absolute atomic E-state index is 0.197. The highest BCUT2D eigenvalue weighted by atomic mass is 35.5. The summed E-state index contributed by atoms with van der Waals surface area (Å²) < 4.78 is 72.2. The van der Waals surface area contributed by atoms with Gasteiger partial charge < -0.3 is 4.74 Å². The van der Waals surface area contributed by atoms with Crippen molar-refractivity contribution >= 4 is 11.6 Å². The summed E-state index contributed by atoms with van der Waals surface area (Å²) in [5.41, 5.74) is -0.789. The van der Waals surface area contributed by atoms with E-state index in [0.717, 1.165) is 13.8 Å². The summed E-state index contributed by atoms with van der Waals surface area (Å²) >= 11 is 6.45. The van der Waals surface area contributed by atoms with Gasteiger partial charge in [-0.05, 0) is 37.0 Å². The number of hydrogen-bond donors (Lipinski definition) is 0. The molecule has 1 heterocycles. The Hall–Kier alpha value is -2.34. The number of benzene rings is 1. The average Bonchev–Trinajstić information content (AvgIpc) is 2.96. The molecule has 0 atom stereocenters. The molecule has 0 N–H and O–H groups in total. The van der Waals surface area contributed by atoms with Gasteiger partial charge in [-0.1, -0.05) is 38.4 Å². The van der Waals surface area contributed by atoms with Crippen LogP contribution >= 0.6 is 11.6 Å². The molecule has 0 spiro atoms. The second-order valence-corrected chi connectivity index (χ2v) is 8.09. The molecule has 31 heavy (non-hydrogen) atoms. The van der Waals surface area contributed by atoms with Crippen LogP contribution < -0.4 is 4.74 Å². The number of aromatic nitrogens is 2. The fourth-order valence-electron chi connectivity index (χ4n) is 3.12. The van der Waals surface area contributed by atoms with Gasteiger partial charge in [0.2, 0.25) is 0 Å². The van der Waals surface area contributed by atoms with Crippen LogP contribution in [0.1, 0.15) is 44.9 Å². The van der Waals surface area contributed by atoms with E-state index in [4.69, 9.17) is 16.9 Å². The van der Waals surface area contributed by atoms with Gasteiger partial charge in [0.25, 0.3) is 0 Å². The molecule has 1 aromatic heterocycles. The van der Waals surface area contributed by atoms with Crippen molar-refractivity contribution in [1.82, 2.24) is 9.78 Å². The summed E-state index contributed by atoms with van der Waals surface area (Å²) in [6.45, 7) is 1.06. The van der Waals surface area contributed by atoms with E-state index >= 15 is 0 Å². The van der Waals surface area contributed by atoms with E-state index in [1.807, 2.05) is 13.0 Å². The van der Waals surface area contributed by atoms with Crippen molar-refractivity contribution in [2.75, 3.05) is 0 Å². The minimum Gasteiger partial charge on any atom is -0.434 e. The molecule has 0 amide bonds. The first-order chi connectivity index (χ1) is 14.4. The molecule has 10 heteroatoms. The lowest BCUT2D eigenvalue weighted by atomic mass is 9.84. The molecule has 0 unspecified atom stereocenters. The second kappa shape index (κ2) is 9.86. The zero-order valence-corrected chi connectivity index (χ0v) is 18.1. The summed E-state index contributed by atoms with van der Waals surface area (Å²) in [6, 6.07) is 6.07. The molecule has 0 bridgehead atoms. The zero-order valence-electron chi connectivity index (χ0n) is 17.4. The maximum absolute atomic E-state index is 13.3. The Morgan fingerprint density at radius 2 is 1.94 bits per heavy atom. The van der Waals surface area contributed by atoms with E-state index in [0.29, 0.717) is 30.8 Å². The Labute approximate surface area is 182 Å². The standard InChI is InChI=1S/C21H23ClF5N3O/c1-4-15-17(22)18(30(29-15)10-6-5-9-28)14-8-7-13(11-16(14)31-19(23)24)12-20(2,3)21(25,26)27/h7-8,11,19H,4-6,10,12H2,1-3H3. The maximum atomic E-state index is 13.3. The number of unbranched alkanes of at least 4 members (excludes halogenated alkanes) is 1. The van der Waals surface area contributed by atoms with Crippen molar-refractivity contribution in [3.63, 3.8) is 0 Å². The molecule has 2 rings (SSSR count). The van der Waals surface area contributed by atoms with Crippen LogP contribution in [0.4, 0.5) is 22.0 Å². The summed E-state index contributed by atoms with van der Waals surface area (Å²) in [4.78, 5) is 0. The van der Waals surface area contributed by atoms with E-state index in [1.165, 1.54) is 22.9 Å². The van der Waals surface area contributed by atoms with Crippen LogP contribution in [0, 0.1) is 16.7 Å². The van der Waals surface area contributed by atoms with Crippen LogP contribution in [-0.4, -0.2) is 22.6 Å². The molecule has 0 fully saturated rings. The van der Waals surface area contributed by atoms with Crippen molar-refractivity contribution in [2.24, 2.45) is 5.41 Å². The molecule has 4 nitrogen and oxygen atoms in total. The predicted octanol–water partition coefficient (Wildman–Crippen LogP) is 6.80. The van der Waals surface area contributed by atoms with Gasteiger partial charge in [-0.3, -0.25) is 4.68 Å². The number of halogens is 6. The normalized spacial score (nSPS) is 12.3. The average molecular weight is 464 g/mol. The highest BCUT2D eigenvalue weighted by Gasteiger charge is 2.47. The van der Waals surface area contributed by atoms with Gasteiger partial charge in [0.1, 0.15) is 5.75 Å². The molecular weight excluding hydrogens is 441 g/mol. The van der Waals surface area contributed by atoms with Crippen molar-refractivity contribution in [1.29, 1.82) is 5.26 Å². The molecule has 170 valence electrons. The number of alkyl halides is 5. The van der Waals surface area contributed by atoms with E-state index < -0.39 is 24.6 Å². The van der Waals surface area contributed by atoms with Crippen molar-refractivity contribution in [2.45, 2.75) is 65.8 Å². The third-order valence-corrected chi connectivity index (χ3v) is 5.28. The predicted molar refractivity (Wildman–Crippen MR) is 107 cm³/mol. The van der Waals surface area contributed by atoms with Crippen molar-refractivity contribution in [3.05, 3.63) is 34.5 Å². The molecular formula is C21H23ClF5N3O. The number of nitriles is 1. The lowest BCUT2D eigenvalue weighted by Gasteiger charge is -2.28. The summed E-state index contributed by atoms with van der Waals surface area (Å²) in [6.07, 6.45) is -3.66. The van der Waals surface area contributed by atoms with Gasteiger partial charge >= 0.3 is 12.8 Å². The molecule has 0 radical (unpaired) electrons. The number of aryl methyl sites for hydroxylation is 2. The highest BCUT2D eigenvalue weighted by molar-refractivity contribution is 6.33. The van der Waals surface area contributed by atoms with Crippen molar-refractivity contribution in [3.8, 4) is 23.1 Å². The van der Waals surface area contributed by atoms with E-state index in [9.17, 15) is 22.0 Å². The highest BCUT2D eigenvalue weighted by Crippen LogP contribution is 2.43. The molecule has 2 aromatic rings. The molecule has 1 aromatic carbocycles. The number of hydrogen-bond acceptors (Lipinski definition) is 3. The first kappa shape index (κ1) is 24.9. The Bertz CT molecular complexity index is 948. The SMILES string of the molecule is CCc1nn(CCCC#N)c(-c2ccc(CC(C)(C)C(F)(F)F)cc2OC(F)F)c1Cl. The summed E-state index contributed by atoms with van der Waals surface area (Å²) in [5.74, 6) is -0.281. The molecule has 0 saturated heterocycles. The van der Waals surface area contributed by atoms with Crippen LogP contribution in [0.5, 0.6) is 5.75 Å². The van der Waals surface area contributed by atoms with Gasteiger partial charge in [0.05, 0.1) is 27.9 Å².